The van der Waals surface area contributed by atoms with Crippen LogP contribution in [0.1, 0.15) is 23.7 Å². The number of aromatic nitrogens is 3. The molecule has 0 saturated heterocycles. The van der Waals surface area contributed by atoms with Gasteiger partial charge in [0.15, 0.2) is 5.16 Å². The van der Waals surface area contributed by atoms with E-state index in [1.807, 2.05) is 4.57 Å². The van der Waals surface area contributed by atoms with E-state index in [-0.39, 0.29) is 5.82 Å². The van der Waals surface area contributed by atoms with Crippen molar-refractivity contribution < 1.29 is 14.2 Å². The molecule has 22 heavy (non-hydrogen) atoms. The Morgan fingerprint density at radius 3 is 3.00 bits per heavy atom. The molecule has 1 atom stereocenters. The van der Waals surface area contributed by atoms with Gasteiger partial charge in [-0.25, -0.2) is 4.39 Å². The summed E-state index contributed by atoms with van der Waals surface area (Å²) in [6.07, 6.45) is 1.88. The van der Waals surface area contributed by atoms with Crippen molar-refractivity contribution in [2.75, 3.05) is 19.5 Å². The van der Waals surface area contributed by atoms with Crippen molar-refractivity contribution in [1.82, 2.24) is 14.8 Å². The van der Waals surface area contributed by atoms with Crippen LogP contribution < -0.4 is 0 Å². The van der Waals surface area contributed by atoms with Crippen LogP contribution in [0, 0.1) is 12.7 Å². The molecular weight excluding hydrogens is 305 g/mol. The van der Waals surface area contributed by atoms with Crippen LogP contribution in [0.25, 0.3) is 0 Å². The Balaban J connectivity index is 1.93. The molecule has 0 radical (unpaired) electrons. The van der Waals surface area contributed by atoms with Crippen LogP contribution in [0.2, 0.25) is 0 Å². The Hall–Kier alpha value is -1.44. The third-order valence-corrected chi connectivity index (χ3v) is 4.35. The highest BCUT2D eigenvalue weighted by Crippen LogP contribution is 2.25. The lowest BCUT2D eigenvalue weighted by Crippen LogP contribution is -2.06. The molecule has 0 aliphatic heterocycles. The number of ether oxygens (including phenoxy) is 1. The molecule has 0 amide bonds. The number of hydrogen-bond acceptors (Lipinski definition) is 5. The quantitative estimate of drug-likeness (QED) is 0.597. The van der Waals surface area contributed by atoms with E-state index >= 15 is 0 Å². The van der Waals surface area contributed by atoms with Crippen LogP contribution in [0.5, 0.6) is 0 Å². The van der Waals surface area contributed by atoms with Crippen LogP contribution in [-0.4, -0.2) is 39.3 Å². The van der Waals surface area contributed by atoms with E-state index in [0.717, 1.165) is 29.2 Å². The molecule has 7 heteroatoms. The number of benzene rings is 1. The zero-order valence-electron chi connectivity index (χ0n) is 12.7. The first-order valence-corrected chi connectivity index (χ1v) is 8.04. The molecule has 1 heterocycles. The van der Waals surface area contributed by atoms with Gasteiger partial charge < -0.3 is 14.4 Å². The lowest BCUT2D eigenvalue weighted by atomic mass is 10.0. The molecule has 2 aromatic rings. The SMILES string of the molecule is COCCCn1cnnc1SCC(O)c1ccc(F)cc1C. The Bertz CT molecular complexity index is 606. The molecule has 0 bridgehead atoms. The molecule has 0 aliphatic rings. The third kappa shape index (κ3) is 4.53. The van der Waals surface area contributed by atoms with E-state index in [1.54, 1.807) is 26.4 Å². The van der Waals surface area contributed by atoms with E-state index in [4.69, 9.17) is 4.74 Å². The summed E-state index contributed by atoms with van der Waals surface area (Å²) < 4.78 is 20.1. The summed E-state index contributed by atoms with van der Waals surface area (Å²) in [6, 6.07) is 4.42. The maximum absolute atomic E-state index is 13.1. The van der Waals surface area contributed by atoms with Crippen LogP contribution in [0.15, 0.2) is 29.7 Å². The fourth-order valence-corrected chi connectivity index (χ4v) is 3.04. The second kappa shape index (κ2) is 8.26. The van der Waals surface area contributed by atoms with Gasteiger partial charge in [0.2, 0.25) is 0 Å². The largest absolute Gasteiger partial charge is 0.388 e. The number of aryl methyl sites for hydroxylation is 2. The molecule has 0 fully saturated rings. The number of rotatable bonds is 8. The monoisotopic (exact) mass is 325 g/mol. The Morgan fingerprint density at radius 1 is 1.45 bits per heavy atom. The molecule has 2 rings (SSSR count). The van der Waals surface area contributed by atoms with Crippen molar-refractivity contribution in [2.24, 2.45) is 0 Å². The Labute approximate surface area is 133 Å². The lowest BCUT2D eigenvalue weighted by molar-refractivity contribution is 0.189. The van der Waals surface area contributed by atoms with Crippen molar-refractivity contribution in [3.63, 3.8) is 0 Å². The number of aliphatic hydroxyl groups is 1. The fourth-order valence-electron chi connectivity index (χ4n) is 2.15. The summed E-state index contributed by atoms with van der Waals surface area (Å²) in [5.41, 5.74) is 1.48. The number of aliphatic hydroxyl groups excluding tert-OH is 1. The minimum Gasteiger partial charge on any atom is -0.388 e. The molecule has 1 aromatic carbocycles. The van der Waals surface area contributed by atoms with Crippen molar-refractivity contribution in [3.8, 4) is 0 Å². The lowest BCUT2D eigenvalue weighted by Gasteiger charge is -2.13. The van der Waals surface area contributed by atoms with Crippen LogP contribution in [-0.2, 0) is 11.3 Å². The average Bonchev–Trinajstić information content (AvgIpc) is 2.92. The second-order valence-corrected chi connectivity index (χ2v) is 5.97. The Kier molecular flexibility index (Phi) is 6.35. The van der Waals surface area contributed by atoms with E-state index in [9.17, 15) is 9.50 Å². The van der Waals surface area contributed by atoms with Gasteiger partial charge in [-0.2, -0.15) is 0 Å². The van der Waals surface area contributed by atoms with Crippen LogP contribution in [0.4, 0.5) is 4.39 Å². The minimum absolute atomic E-state index is 0.293. The first-order chi connectivity index (χ1) is 10.6. The first kappa shape index (κ1) is 16.9. The second-order valence-electron chi connectivity index (χ2n) is 4.98. The van der Waals surface area contributed by atoms with Gasteiger partial charge in [0.05, 0.1) is 6.10 Å². The molecule has 5 nitrogen and oxygen atoms in total. The minimum atomic E-state index is -0.672. The molecule has 0 saturated carbocycles. The van der Waals surface area contributed by atoms with Crippen LogP contribution >= 0.6 is 11.8 Å². The number of nitrogens with zero attached hydrogens (tertiary/aromatic N) is 3. The van der Waals surface area contributed by atoms with Gasteiger partial charge in [0.25, 0.3) is 0 Å². The van der Waals surface area contributed by atoms with Crippen LogP contribution in [0.3, 0.4) is 0 Å². The van der Waals surface area contributed by atoms with Gasteiger partial charge >= 0.3 is 0 Å². The molecule has 1 N–H and O–H groups in total. The molecule has 0 spiro atoms. The van der Waals surface area contributed by atoms with Crippen molar-refractivity contribution in [1.29, 1.82) is 0 Å². The van der Waals surface area contributed by atoms with Crippen molar-refractivity contribution >= 4 is 11.8 Å². The van der Waals surface area contributed by atoms with Gasteiger partial charge in [-0.1, -0.05) is 17.8 Å². The normalized spacial score (nSPS) is 12.5. The zero-order chi connectivity index (χ0) is 15.9. The predicted molar refractivity (Wildman–Crippen MR) is 83.3 cm³/mol. The average molecular weight is 325 g/mol. The Morgan fingerprint density at radius 2 is 2.27 bits per heavy atom. The molecule has 1 unspecified atom stereocenters. The maximum atomic E-state index is 13.1. The highest BCUT2D eigenvalue weighted by molar-refractivity contribution is 7.99. The van der Waals surface area contributed by atoms with Gasteiger partial charge in [0.1, 0.15) is 12.1 Å². The summed E-state index contributed by atoms with van der Waals surface area (Å²) in [6.45, 7) is 3.24. The number of thioether (sulfide) groups is 1. The smallest absolute Gasteiger partial charge is 0.191 e. The third-order valence-electron chi connectivity index (χ3n) is 3.29. The van der Waals surface area contributed by atoms with Gasteiger partial charge in [-0.3, -0.25) is 0 Å². The molecular formula is C15H20FN3O2S. The van der Waals surface area contributed by atoms with Gasteiger partial charge in [-0.05, 0) is 36.6 Å². The predicted octanol–water partition coefficient (Wildman–Crippen LogP) is 2.59. The number of methoxy groups -OCH3 is 1. The van der Waals surface area contributed by atoms with E-state index in [1.165, 1.54) is 23.9 Å². The number of halogens is 1. The zero-order valence-corrected chi connectivity index (χ0v) is 13.5. The van der Waals surface area contributed by atoms with Crippen molar-refractivity contribution in [3.05, 3.63) is 41.5 Å². The van der Waals surface area contributed by atoms with Gasteiger partial charge in [-0.15, -0.1) is 10.2 Å². The van der Waals surface area contributed by atoms with E-state index in [0.29, 0.717) is 12.4 Å². The summed E-state index contributed by atoms with van der Waals surface area (Å²) >= 11 is 1.43. The summed E-state index contributed by atoms with van der Waals surface area (Å²) in [7, 11) is 1.67. The number of hydrogen-bond donors (Lipinski definition) is 1. The highest BCUT2D eigenvalue weighted by Gasteiger charge is 2.14. The molecule has 1 aromatic heterocycles. The van der Waals surface area contributed by atoms with E-state index < -0.39 is 6.10 Å². The van der Waals surface area contributed by atoms with Crippen molar-refractivity contribution in [2.45, 2.75) is 31.1 Å². The first-order valence-electron chi connectivity index (χ1n) is 7.05. The fraction of sp³-hybridized carbons (Fsp3) is 0.467. The van der Waals surface area contributed by atoms with Gasteiger partial charge in [0, 0.05) is 26.0 Å². The standard InChI is InChI=1S/C15H20FN3O2S/c1-11-8-12(16)4-5-13(11)14(20)9-22-15-18-17-10-19(15)6-3-7-21-2/h4-5,8,10,14,20H,3,6-7,9H2,1-2H3. The molecule has 120 valence electrons. The summed E-state index contributed by atoms with van der Waals surface area (Å²) in [5, 5.41) is 19.0. The maximum Gasteiger partial charge on any atom is 0.191 e. The summed E-state index contributed by atoms with van der Waals surface area (Å²) in [5.74, 6) is 0.147. The summed E-state index contributed by atoms with van der Waals surface area (Å²) in [4.78, 5) is 0. The van der Waals surface area contributed by atoms with E-state index in [2.05, 4.69) is 10.2 Å². The topological polar surface area (TPSA) is 60.2 Å². The highest BCUT2D eigenvalue weighted by atomic mass is 32.2. The molecule has 0 aliphatic carbocycles.